The maximum absolute atomic E-state index is 13.1. The highest BCUT2D eigenvalue weighted by Crippen LogP contribution is 2.21. The van der Waals surface area contributed by atoms with Gasteiger partial charge >= 0.3 is 0 Å². The number of amides is 2. The van der Waals surface area contributed by atoms with Crippen molar-refractivity contribution in [1.29, 1.82) is 0 Å². The smallest absolute Gasteiger partial charge is 0.276 e. The lowest BCUT2D eigenvalue weighted by atomic mass is 10.0. The Hall–Kier alpha value is -3.38. The maximum Gasteiger partial charge on any atom is 0.276 e. The number of hydrogen-bond donors (Lipinski definition) is 2. The van der Waals surface area contributed by atoms with E-state index in [4.69, 9.17) is 16.3 Å². The highest BCUT2D eigenvalue weighted by atomic mass is 35.5. The summed E-state index contributed by atoms with van der Waals surface area (Å²) in [5.74, 6) is -1.18. The van der Waals surface area contributed by atoms with Crippen LogP contribution in [0, 0.1) is 5.82 Å². The molecule has 3 aromatic rings. The van der Waals surface area contributed by atoms with Crippen LogP contribution in [0.25, 0.3) is 0 Å². The van der Waals surface area contributed by atoms with Crippen molar-refractivity contribution in [2.75, 3.05) is 6.61 Å². The topological polar surface area (TPSA) is 67.4 Å². The molecule has 0 aliphatic heterocycles. The third-order valence-corrected chi connectivity index (χ3v) is 4.37. The van der Waals surface area contributed by atoms with E-state index in [9.17, 15) is 14.0 Å². The van der Waals surface area contributed by atoms with Crippen molar-refractivity contribution in [3.63, 3.8) is 0 Å². The summed E-state index contributed by atoms with van der Waals surface area (Å²) in [6.07, 6.45) is 0.665. The number of ether oxygens (including phenoxy) is 1. The zero-order valence-corrected chi connectivity index (χ0v) is 16.1. The molecule has 2 N–H and O–H groups in total. The van der Waals surface area contributed by atoms with Crippen molar-refractivity contribution < 1.29 is 18.7 Å². The van der Waals surface area contributed by atoms with Crippen molar-refractivity contribution in [1.82, 2.24) is 10.9 Å². The minimum absolute atomic E-state index is 0.0440. The molecule has 0 saturated heterocycles. The monoisotopic (exact) mass is 412 g/mol. The van der Waals surface area contributed by atoms with Gasteiger partial charge in [-0.25, -0.2) is 4.39 Å². The lowest BCUT2D eigenvalue weighted by Gasteiger charge is -2.12. The maximum atomic E-state index is 13.1. The molecular formula is C22H18ClFN2O3. The van der Waals surface area contributed by atoms with E-state index in [2.05, 4.69) is 10.9 Å². The molecule has 2 amide bonds. The van der Waals surface area contributed by atoms with Gasteiger partial charge in [-0.3, -0.25) is 20.4 Å². The van der Waals surface area contributed by atoms with Crippen molar-refractivity contribution in [2.45, 2.75) is 6.42 Å². The lowest BCUT2D eigenvalue weighted by Crippen LogP contribution is -2.44. The molecule has 7 heteroatoms. The molecular weight excluding hydrogens is 395 g/mol. The summed E-state index contributed by atoms with van der Waals surface area (Å²) in [5, 5.41) is -0.0529. The Morgan fingerprint density at radius 2 is 1.66 bits per heavy atom. The predicted molar refractivity (Wildman–Crippen MR) is 108 cm³/mol. The average molecular weight is 413 g/mol. The molecule has 3 rings (SSSR count). The third kappa shape index (κ3) is 5.80. The molecule has 0 atom stereocenters. The van der Waals surface area contributed by atoms with E-state index in [-0.39, 0.29) is 17.2 Å². The molecule has 5 nitrogen and oxygen atoms in total. The fraction of sp³-hybridized carbons (Fsp3) is 0.0909. The first kappa shape index (κ1) is 20.4. The molecule has 0 aromatic heterocycles. The summed E-state index contributed by atoms with van der Waals surface area (Å²) >= 11 is 5.83. The van der Waals surface area contributed by atoms with Gasteiger partial charge in [-0.05, 0) is 35.4 Å². The molecule has 0 bridgehead atoms. The van der Waals surface area contributed by atoms with Crippen LogP contribution in [0.4, 0.5) is 4.39 Å². The number of carbonyl (C=O) groups is 2. The number of hydrogen-bond acceptors (Lipinski definition) is 3. The van der Waals surface area contributed by atoms with Gasteiger partial charge in [-0.1, -0.05) is 60.1 Å². The van der Waals surface area contributed by atoms with Crippen LogP contribution in [-0.2, 0) is 11.2 Å². The van der Waals surface area contributed by atoms with Gasteiger partial charge in [0, 0.05) is 6.42 Å². The number of para-hydroxylation sites is 1. The Morgan fingerprint density at radius 3 is 2.41 bits per heavy atom. The summed E-state index contributed by atoms with van der Waals surface area (Å²) < 4.78 is 18.7. The molecule has 148 valence electrons. The fourth-order valence-electron chi connectivity index (χ4n) is 2.65. The fourth-order valence-corrected chi connectivity index (χ4v) is 2.91. The van der Waals surface area contributed by atoms with Gasteiger partial charge in [0.05, 0.1) is 10.6 Å². The first-order chi connectivity index (χ1) is 14.0. The van der Waals surface area contributed by atoms with Gasteiger partial charge in [0.25, 0.3) is 11.8 Å². The second kappa shape index (κ2) is 9.71. The second-order valence-corrected chi connectivity index (χ2v) is 6.59. The summed E-state index contributed by atoms with van der Waals surface area (Å²) in [6, 6.07) is 20.7. The number of nitrogens with one attached hydrogen (secondary N) is 2. The highest BCUT2D eigenvalue weighted by molar-refractivity contribution is 6.33. The van der Waals surface area contributed by atoms with Crippen LogP contribution in [-0.4, -0.2) is 18.4 Å². The minimum atomic E-state index is -0.659. The standard InChI is InChI=1S/C22H18ClFN2O3/c23-19-13-17(24)10-11-18(19)22(28)26-25-21(27)14-29-20-9-5-4-8-16(20)12-15-6-2-1-3-7-15/h1-11,13H,12,14H2,(H,25,27)(H,26,28). The zero-order valence-electron chi connectivity index (χ0n) is 15.3. The van der Waals surface area contributed by atoms with E-state index in [1.807, 2.05) is 48.5 Å². The Labute approximate surface area is 172 Å². The van der Waals surface area contributed by atoms with E-state index in [1.165, 1.54) is 6.07 Å². The predicted octanol–water partition coefficient (Wildman–Crippen LogP) is 3.91. The van der Waals surface area contributed by atoms with Gasteiger partial charge in [-0.2, -0.15) is 0 Å². The van der Waals surface area contributed by atoms with Gasteiger partial charge in [0.15, 0.2) is 6.61 Å². The van der Waals surface area contributed by atoms with Crippen molar-refractivity contribution >= 4 is 23.4 Å². The first-order valence-corrected chi connectivity index (χ1v) is 9.19. The van der Waals surface area contributed by atoms with E-state index >= 15 is 0 Å². The van der Waals surface area contributed by atoms with E-state index in [0.29, 0.717) is 12.2 Å². The van der Waals surface area contributed by atoms with Crippen LogP contribution in [0.5, 0.6) is 5.75 Å². The Bertz CT molecular complexity index is 1010. The summed E-state index contributed by atoms with van der Waals surface area (Å²) in [4.78, 5) is 24.1. The number of carbonyl (C=O) groups excluding carboxylic acids is 2. The lowest BCUT2D eigenvalue weighted by molar-refractivity contribution is -0.123. The zero-order chi connectivity index (χ0) is 20.6. The highest BCUT2D eigenvalue weighted by Gasteiger charge is 2.13. The van der Waals surface area contributed by atoms with Crippen LogP contribution in [0.2, 0.25) is 5.02 Å². The minimum Gasteiger partial charge on any atom is -0.483 e. The Kier molecular flexibility index (Phi) is 6.81. The van der Waals surface area contributed by atoms with E-state index in [0.717, 1.165) is 23.3 Å². The molecule has 29 heavy (non-hydrogen) atoms. The van der Waals surface area contributed by atoms with Crippen molar-refractivity contribution in [3.05, 3.63) is 100 Å². The van der Waals surface area contributed by atoms with Crippen LogP contribution in [0.1, 0.15) is 21.5 Å². The normalized spacial score (nSPS) is 10.3. The van der Waals surface area contributed by atoms with E-state index in [1.54, 1.807) is 6.07 Å². The average Bonchev–Trinajstić information content (AvgIpc) is 2.72. The van der Waals surface area contributed by atoms with E-state index < -0.39 is 17.6 Å². The summed E-state index contributed by atoms with van der Waals surface area (Å²) in [7, 11) is 0. The Balaban J connectivity index is 1.54. The Morgan fingerprint density at radius 1 is 0.931 bits per heavy atom. The number of rotatable bonds is 6. The molecule has 0 heterocycles. The molecule has 0 radical (unpaired) electrons. The van der Waals surface area contributed by atoms with Gasteiger partial charge < -0.3 is 4.74 Å². The quantitative estimate of drug-likeness (QED) is 0.603. The van der Waals surface area contributed by atoms with Crippen molar-refractivity contribution in [2.24, 2.45) is 0 Å². The van der Waals surface area contributed by atoms with Crippen LogP contribution < -0.4 is 15.6 Å². The summed E-state index contributed by atoms with van der Waals surface area (Å²) in [5.41, 5.74) is 6.57. The number of benzene rings is 3. The van der Waals surface area contributed by atoms with Crippen LogP contribution in [0.15, 0.2) is 72.8 Å². The summed E-state index contributed by atoms with van der Waals surface area (Å²) in [6.45, 7) is -0.288. The van der Waals surface area contributed by atoms with Crippen LogP contribution in [0.3, 0.4) is 0 Å². The van der Waals surface area contributed by atoms with Gasteiger partial charge in [-0.15, -0.1) is 0 Å². The largest absolute Gasteiger partial charge is 0.483 e. The molecule has 0 aliphatic rings. The molecule has 0 spiro atoms. The van der Waals surface area contributed by atoms with Crippen molar-refractivity contribution in [3.8, 4) is 5.75 Å². The number of hydrazine groups is 1. The molecule has 3 aromatic carbocycles. The van der Waals surface area contributed by atoms with Gasteiger partial charge in [0.2, 0.25) is 0 Å². The number of halogens is 2. The SMILES string of the molecule is O=C(COc1ccccc1Cc1ccccc1)NNC(=O)c1ccc(F)cc1Cl. The molecule has 0 aliphatic carbocycles. The van der Waals surface area contributed by atoms with Gasteiger partial charge in [0.1, 0.15) is 11.6 Å². The molecule has 0 unspecified atom stereocenters. The van der Waals surface area contributed by atoms with Crippen LogP contribution >= 0.6 is 11.6 Å². The second-order valence-electron chi connectivity index (χ2n) is 6.19. The molecule has 0 fully saturated rings. The molecule has 0 saturated carbocycles. The first-order valence-electron chi connectivity index (χ1n) is 8.82. The third-order valence-electron chi connectivity index (χ3n) is 4.06.